The number of esters is 1. The summed E-state index contributed by atoms with van der Waals surface area (Å²) >= 11 is 1.90. The van der Waals surface area contributed by atoms with Gasteiger partial charge in [0.15, 0.2) is 0 Å². The van der Waals surface area contributed by atoms with E-state index in [9.17, 15) is 19.2 Å². The van der Waals surface area contributed by atoms with Crippen LogP contribution in [0.25, 0.3) is 0 Å². The lowest BCUT2D eigenvalue weighted by molar-refractivity contribution is -0.153. The highest BCUT2D eigenvalue weighted by Gasteiger charge is 2.37. The summed E-state index contributed by atoms with van der Waals surface area (Å²) in [6.45, 7) is 5.81. The van der Waals surface area contributed by atoms with Gasteiger partial charge >= 0.3 is 12.1 Å². The molecule has 1 atom stereocenters. The fourth-order valence-electron chi connectivity index (χ4n) is 6.34. The second-order valence-corrected chi connectivity index (χ2v) is 16.3. The van der Waals surface area contributed by atoms with Crippen LogP contribution in [-0.2, 0) is 35.2 Å². The molecule has 0 N–H and O–H groups in total. The second kappa shape index (κ2) is 21.3. The number of hydrogen-bond acceptors (Lipinski definition) is 7. The van der Waals surface area contributed by atoms with E-state index in [2.05, 4.69) is 72.8 Å². The van der Waals surface area contributed by atoms with Gasteiger partial charge in [-0.25, -0.2) is 4.79 Å². The Kier molecular flexibility index (Phi) is 16.6. The average molecular weight is 780 g/mol. The molecule has 3 amide bonds. The van der Waals surface area contributed by atoms with E-state index >= 15 is 0 Å². The summed E-state index contributed by atoms with van der Waals surface area (Å²) in [4.78, 5) is 57.3. The van der Waals surface area contributed by atoms with Crippen LogP contribution < -0.4 is 0 Å². The van der Waals surface area contributed by atoms with Crippen LogP contribution in [0.5, 0.6) is 0 Å². The zero-order chi connectivity index (χ0) is 40.6. The average Bonchev–Trinajstić information content (AvgIpc) is 3.21. The molecule has 0 unspecified atom stereocenters. The molecule has 0 aromatic heterocycles. The molecule has 0 aliphatic rings. The number of amides is 3. The molecular formula is C46H57N3O6S. The van der Waals surface area contributed by atoms with Crippen molar-refractivity contribution in [2.24, 2.45) is 0 Å². The van der Waals surface area contributed by atoms with Crippen LogP contribution in [0, 0.1) is 0 Å². The van der Waals surface area contributed by atoms with Crippen molar-refractivity contribution in [1.29, 1.82) is 0 Å². The predicted octanol–water partition coefficient (Wildman–Crippen LogP) is 8.56. The van der Waals surface area contributed by atoms with Crippen molar-refractivity contribution in [3.63, 3.8) is 0 Å². The van der Waals surface area contributed by atoms with Gasteiger partial charge in [-0.3, -0.25) is 14.4 Å². The molecule has 0 bridgehead atoms. The standard InChI is InChI=1S/C46H57N3O6S/c1-45(2,3)55-44(53)48(5)32-31-47(4)43(52)40(34-42(51)54-35-36-22-12-7-13-23-36)49(6)41(50)30-20-11-21-33-56-46(37-24-14-8-15-25-37,38-26-16-9-17-27-38)39-28-18-10-19-29-39/h7-10,12-19,22-29,40H,11,20-21,30-35H2,1-6H3/t40-/m0/s1. The van der Waals surface area contributed by atoms with Crippen molar-refractivity contribution in [1.82, 2.24) is 14.7 Å². The molecule has 0 spiro atoms. The fraction of sp³-hybridized carbons (Fsp3) is 0.391. The molecule has 56 heavy (non-hydrogen) atoms. The topological polar surface area (TPSA) is 96.5 Å². The van der Waals surface area contributed by atoms with Crippen molar-refractivity contribution in [2.75, 3.05) is 40.0 Å². The van der Waals surface area contributed by atoms with Gasteiger partial charge in [-0.15, -0.1) is 11.8 Å². The Bertz CT molecular complexity index is 1720. The molecule has 4 rings (SSSR count). The normalized spacial score (nSPS) is 12.0. The summed E-state index contributed by atoms with van der Waals surface area (Å²) in [5, 5.41) is 0. The predicted molar refractivity (Wildman–Crippen MR) is 224 cm³/mol. The zero-order valence-corrected chi connectivity index (χ0v) is 34.5. The highest BCUT2D eigenvalue weighted by atomic mass is 32.2. The second-order valence-electron chi connectivity index (χ2n) is 15.0. The summed E-state index contributed by atoms with van der Waals surface area (Å²) in [5.74, 6) is -0.356. The first-order chi connectivity index (χ1) is 26.8. The number of nitrogens with zero attached hydrogens (tertiary/aromatic N) is 3. The van der Waals surface area contributed by atoms with Crippen LogP contribution in [0.2, 0.25) is 0 Å². The van der Waals surface area contributed by atoms with E-state index in [-0.39, 0.29) is 38.4 Å². The molecule has 0 heterocycles. The molecule has 298 valence electrons. The smallest absolute Gasteiger partial charge is 0.410 e. The number of benzene rings is 4. The number of ether oxygens (including phenoxy) is 2. The number of unbranched alkanes of at least 4 members (excludes halogenated alkanes) is 2. The zero-order valence-electron chi connectivity index (χ0n) is 33.7. The van der Waals surface area contributed by atoms with Gasteiger partial charge in [0.05, 0.1) is 11.2 Å². The van der Waals surface area contributed by atoms with Crippen molar-refractivity contribution < 1.29 is 28.7 Å². The molecule has 10 heteroatoms. The third-order valence-electron chi connectivity index (χ3n) is 9.50. The van der Waals surface area contributed by atoms with Crippen molar-refractivity contribution >= 4 is 35.6 Å². The SMILES string of the molecule is CN(CCN(C)C(=O)[C@H](CC(=O)OCc1ccccc1)N(C)C(=O)CCCCCSC(c1ccccc1)(c1ccccc1)c1ccccc1)C(=O)OC(C)(C)C. The van der Waals surface area contributed by atoms with Crippen LogP contribution in [0.3, 0.4) is 0 Å². The van der Waals surface area contributed by atoms with E-state index in [0.717, 1.165) is 24.2 Å². The molecule has 0 fully saturated rings. The molecule has 4 aromatic carbocycles. The molecule has 0 saturated carbocycles. The Hall–Kier alpha value is -5.09. The first-order valence-electron chi connectivity index (χ1n) is 19.3. The van der Waals surface area contributed by atoms with Gasteiger partial charge in [-0.1, -0.05) is 128 Å². The summed E-state index contributed by atoms with van der Waals surface area (Å²) in [7, 11) is 4.77. The van der Waals surface area contributed by atoms with Gasteiger partial charge in [-0.2, -0.15) is 0 Å². The van der Waals surface area contributed by atoms with Gasteiger partial charge in [0.1, 0.15) is 18.2 Å². The molecule has 9 nitrogen and oxygen atoms in total. The Morgan fingerprint density at radius 2 is 1.12 bits per heavy atom. The van der Waals surface area contributed by atoms with Gasteiger partial charge in [0, 0.05) is 40.7 Å². The number of hydrogen-bond donors (Lipinski definition) is 0. The number of carbonyl (C=O) groups is 4. The lowest BCUT2D eigenvalue weighted by atomic mass is 9.84. The lowest BCUT2D eigenvalue weighted by Crippen LogP contribution is -2.50. The van der Waals surface area contributed by atoms with Gasteiger partial charge in [0.25, 0.3) is 0 Å². The third-order valence-corrected chi connectivity index (χ3v) is 11.1. The molecule has 0 aliphatic carbocycles. The van der Waals surface area contributed by atoms with E-state index in [1.807, 2.05) is 60.3 Å². The maximum absolute atomic E-state index is 13.9. The van der Waals surface area contributed by atoms with Crippen LogP contribution in [0.4, 0.5) is 4.79 Å². The summed E-state index contributed by atoms with van der Waals surface area (Å²) < 4.78 is 10.5. The maximum Gasteiger partial charge on any atom is 0.410 e. The van der Waals surface area contributed by atoms with Crippen LogP contribution in [0.15, 0.2) is 121 Å². The fourth-order valence-corrected chi connectivity index (χ4v) is 7.90. The van der Waals surface area contributed by atoms with E-state index in [0.29, 0.717) is 6.42 Å². The van der Waals surface area contributed by atoms with E-state index in [1.165, 1.54) is 31.4 Å². The Balaban J connectivity index is 1.39. The lowest BCUT2D eigenvalue weighted by Gasteiger charge is -2.35. The van der Waals surface area contributed by atoms with E-state index in [4.69, 9.17) is 9.47 Å². The molecule has 0 aliphatic heterocycles. The number of carbonyl (C=O) groups excluding carboxylic acids is 4. The quantitative estimate of drug-likeness (QED) is 0.0535. The Labute approximate surface area is 337 Å². The molecular weight excluding hydrogens is 723 g/mol. The first kappa shape index (κ1) is 43.6. The minimum atomic E-state index is -1.07. The van der Waals surface area contributed by atoms with Gasteiger partial charge in [0.2, 0.25) is 11.8 Å². The minimum absolute atomic E-state index is 0.0624. The summed E-state index contributed by atoms with van der Waals surface area (Å²) in [6, 6.07) is 40.0. The van der Waals surface area contributed by atoms with Crippen LogP contribution >= 0.6 is 11.8 Å². The van der Waals surface area contributed by atoms with Crippen LogP contribution in [0.1, 0.15) is 75.1 Å². The number of rotatable bonds is 19. The molecule has 0 saturated heterocycles. The number of thioether (sulfide) groups is 1. The van der Waals surface area contributed by atoms with Crippen LogP contribution in [-0.4, -0.2) is 90.2 Å². The maximum atomic E-state index is 13.9. The van der Waals surface area contributed by atoms with Crippen molar-refractivity contribution in [3.05, 3.63) is 144 Å². The minimum Gasteiger partial charge on any atom is -0.461 e. The largest absolute Gasteiger partial charge is 0.461 e. The first-order valence-corrected chi connectivity index (χ1v) is 20.2. The molecule has 4 aromatic rings. The summed E-state index contributed by atoms with van der Waals surface area (Å²) in [5.41, 5.74) is 3.79. The van der Waals surface area contributed by atoms with E-state index in [1.54, 1.807) is 41.9 Å². The van der Waals surface area contributed by atoms with Gasteiger partial charge in [-0.05, 0) is 61.6 Å². The highest BCUT2D eigenvalue weighted by molar-refractivity contribution is 8.00. The molecule has 0 radical (unpaired) electrons. The third kappa shape index (κ3) is 12.7. The number of likely N-dealkylation sites (N-methyl/N-ethyl adjacent to an activating group) is 3. The highest BCUT2D eigenvalue weighted by Crippen LogP contribution is 2.48. The van der Waals surface area contributed by atoms with E-state index < -0.39 is 34.4 Å². The Morgan fingerprint density at radius 1 is 0.643 bits per heavy atom. The Morgan fingerprint density at radius 3 is 1.62 bits per heavy atom. The van der Waals surface area contributed by atoms with Crippen molar-refractivity contribution in [3.8, 4) is 0 Å². The van der Waals surface area contributed by atoms with Crippen molar-refractivity contribution in [2.45, 2.75) is 75.9 Å². The summed E-state index contributed by atoms with van der Waals surface area (Å²) in [6.07, 6.45) is 1.77. The monoisotopic (exact) mass is 779 g/mol. The van der Waals surface area contributed by atoms with Gasteiger partial charge < -0.3 is 24.2 Å².